The fourth-order valence-electron chi connectivity index (χ4n) is 2.18. The van der Waals surface area contributed by atoms with Crippen LogP contribution in [0.5, 0.6) is 0 Å². The minimum atomic E-state index is -1.04. The van der Waals surface area contributed by atoms with Crippen LogP contribution in [-0.2, 0) is 20.9 Å². The Balaban J connectivity index is 1.79. The van der Waals surface area contributed by atoms with Crippen molar-refractivity contribution in [3.8, 4) is 0 Å². The van der Waals surface area contributed by atoms with Crippen LogP contribution in [0.4, 0.5) is 0 Å². The van der Waals surface area contributed by atoms with E-state index < -0.39 is 30.4 Å². The van der Waals surface area contributed by atoms with Crippen LogP contribution in [0, 0.1) is 0 Å². The molecule has 2 aromatic carbocycles. The second-order valence-electron chi connectivity index (χ2n) is 5.75. The molecule has 2 aromatic rings. The van der Waals surface area contributed by atoms with Gasteiger partial charge in [0, 0.05) is 16.6 Å². The van der Waals surface area contributed by atoms with Gasteiger partial charge >= 0.3 is 5.97 Å². The zero-order chi connectivity index (χ0) is 20.7. The van der Waals surface area contributed by atoms with Crippen LogP contribution >= 0.6 is 34.8 Å². The van der Waals surface area contributed by atoms with Crippen molar-refractivity contribution in [3.63, 3.8) is 0 Å². The summed E-state index contributed by atoms with van der Waals surface area (Å²) in [6.07, 6.45) is -1.04. The molecule has 0 fully saturated rings. The van der Waals surface area contributed by atoms with Crippen molar-refractivity contribution >= 4 is 52.6 Å². The number of carbonyl (C=O) groups excluding carboxylic acids is 3. The lowest BCUT2D eigenvalue weighted by Gasteiger charge is -2.14. The summed E-state index contributed by atoms with van der Waals surface area (Å²) in [4.78, 5) is 36.0. The maximum Gasteiger partial charge on any atom is 0.326 e. The number of nitrogens with one attached hydrogen (secondary N) is 2. The van der Waals surface area contributed by atoms with Gasteiger partial charge in [-0.2, -0.15) is 0 Å². The number of carbonyl (C=O) groups is 3. The SMILES string of the molecule is CC(OC(=O)CNC(=O)c1ccc(Cl)cc1Cl)C(=O)NCc1ccccc1Cl. The average molecular weight is 444 g/mol. The number of benzene rings is 2. The van der Waals surface area contributed by atoms with Crippen LogP contribution in [0.3, 0.4) is 0 Å². The van der Waals surface area contributed by atoms with Gasteiger partial charge in [-0.05, 0) is 36.8 Å². The summed E-state index contributed by atoms with van der Waals surface area (Å²) in [6.45, 7) is 1.21. The van der Waals surface area contributed by atoms with Gasteiger partial charge in [-0.1, -0.05) is 53.0 Å². The highest BCUT2D eigenvalue weighted by Crippen LogP contribution is 2.20. The van der Waals surface area contributed by atoms with Crippen LogP contribution in [-0.4, -0.2) is 30.4 Å². The van der Waals surface area contributed by atoms with Gasteiger partial charge in [-0.15, -0.1) is 0 Å². The van der Waals surface area contributed by atoms with Gasteiger partial charge in [-0.3, -0.25) is 14.4 Å². The van der Waals surface area contributed by atoms with Crippen molar-refractivity contribution in [2.45, 2.75) is 19.6 Å². The van der Waals surface area contributed by atoms with Crippen molar-refractivity contribution in [2.75, 3.05) is 6.54 Å². The van der Waals surface area contributed by atoms with E-state index in [0.29, 0.717) is 10.0 Å². The van der Waals surface area contributed by atoms with Gasteiger partial charge < -0.3 is 15.4 Å². The Morgan fingerprint density at radius 3 is 2.39 bits per heavy atom. The summed E-state index contributed by atoms with van der Waals surface area (Å²) in [5.74, 6) is -1.81. The van der Waals surface area contributed by atoms with E-state index in [1.807, 2.05) is 0 Å². The van der Waals surface area contributed by atoms with Gasteiger partial charge in [0.25, 0.3) is 11.8 Å². The predicted octanol–water partition coefficient (Wildman–Crippen LogP) is 3.62. The van der Waals surface area contributed by atoms with Gasteiger partial charge in [0.15, 0.2) is 6.10 Å². The lowest BCUT2D eigenvalue weighted by molar-refractivity contribution is -0.153. The highest BCUT2D eigenvalue weighted by Gasteiger charge is 2.19. The van der Waals surface area contributed by atoms with Crippen molar-refractivity contribution in [1.82, 2.24) is 10.6 Å². The number of hydrogen-bond donors (Lipinski definition) is 2. The summed E-state index contributed by atoms with van der Waals surface area (Å²) in [6, 6.07) is 11.4. The average Bonchev–Trinajstić information content (AvgIpc) is 2.65. The second-order valence-corrected chi connectivity index (χ2v) is 7.00. The third-order valence-corrected chi connectivity index (χ3v) is 4.57. The molecule has 0 saturated heterocycles. The lowest BCUT2D eigenvalue weighted by Crippen LogP contribution is -2.38. The molecular formula is C19H17Cl3N2O4. The normalized spacial score (nSPS) is 11.4. The Morgan fingerprint density at radius 2 is 1.71 bits per heavy atom. The largest absolute Gasteiger partial charge is 0.451 e. The molecule has 148 valence electrons. The zero-order valence-electron chi connectivity index (χ0n) is 14.8. The van der Waals surface area contributed by atoms with Crippen molar-refractivity contribution in [2.24, 2.45) is 0 Å². The van der Waals surface area contributed by atoms with Crippen LogP contribution in [0.2, 0.25) is 15.1 Å². The van der Waals surface area contributed by atoms with E-state index >= 15 is 0 Å². The summed E-state index contributed by atoms with van der Waals surface area (Å²) >= 11 is 17.7. The molecule has 0 radical (unpaired) electrons. The van der Waals surface area contributed by atoms with Gasteiger partial charge in [-0.25, -0.2) is 0 Å². The van der Waals surface area contributed by atoms with E-state index in [1.54, 1.807) is 24.3 Å². The maximum absolute atomic E-state index is 12.1. The number of halogens is 3. The van der Waals surface area contributed by atoms with E-state index in [4.69, 9.17) is 39.5 Å². The molecule has 0 spiro atoms. The van der Waals surface area contributed by atoms with E-state index in [9.17, 15) is 14.4 Å². The van der Waals surface area contributed by atoms with E-state index in [0.717, 1.165) is 5.56 Å². The van der Waals surface area contributed by atoms with Gasteiger partial charge in [0.1, 0.15) is 6.54 Å². The highest BCUT2D eigenvalue weighted by molar-refractivity contribution is 6.36. The van der Waals surface area contributed by atoms with Crippen LogP contribution < -0.4 is 10.6 Å². The monoisotopic (exact) mass is 442 g/mol. The van der Waals surface area contributed by atoms with E-state index in [-0.39, 0.29) is 17.1 Å². The molecular weight excluding hydrogens is 427 g/mol. The molecule has 2 N–H and O–H groups in total. The quantitative estimate of drug-likeness (QED) is 0.640. The first-order valence-electron chi connectivity index (χ1n) is 8.21. The number of ether oxygens (including phenoxy) is 1. The molecule has 28 heavy (non-hydrogen) atoms. The standard InChI is InChI=1S/C19H17Cl3N2O4/c1-11(18(26)23-9-12-4-2-3-5-15(12)21)28-17(25)10-24-19(27)14-7-6-13(20)8-16(14)22/h2-8,11H,9-10H2,1H3,(H,23,26)(H,24,27). The van der Waals surface area contributed by atoms with Crippen LogP contribution in [0.15, 0.2) is 42.5 Å². The molecule has 0 aromatic heterocycles. The van der Waals surface area contributed by atoms with E-state index in [2.05, 4.69) is 10.6 Å². The number of rotatable bonds is 7. The van der Waals surface area contributed by atoms with Crippen LogP contribution in [0.1, 0.15) is 22.8 Å². The number of hydrogen-bond acceptors (Lipinski definition) is 4. The molecule has 1 atom stereocenters. The molecule has 6 nitrogen and oxygen atoms in total. The first-order valence-corrected chi connectivity index (χ1v) is 9.35. The molecule has 0 heterocycles. The van der Waals surface area contributed by atoms with Crippen LogP contribution in [0.25, 0.3) is 0 Å². The molecule has 0 bridgehead atoms. The molecule has 0 aliphatic heterocycles. The molecule has 9 heteroatoms. The smallest absolute Gasteiger partial charge is 0.326 e. The Labute approximate surface area is 177 Å². The Bertz CT molecular complexity index is 889. The third kappa shape index (κ3) is 6.41. The molecule has 0 aliphatic rings. The second kappa shape index (κ2) is 10.3. The molecule has 1 unspecified atom stereocenters. The minimum absolute atomic E-state index is 0.158. The van der Waals surface area contributed by atoms with Gasteiger partial charge in [0.05, 0.1) is 10.6 Å². The van der Waals surface area contributed by atoms with Crippen molar-refractivity contribution < 1.29 is 19.1 Å². The molecule has 2 amide bonds. The summed E-state index contributed by atoms with van der Waals surface area (Å²) in [5, 5.41) is 6.08. The number of amides is 2. The third-order valence-electron chi connectivity index (χ3n) is 3.66. The zero-order valence-corrected chi connectivity index (χ0v) is 17.1. The maximum atomic E-state index is 12.1. The Morgan fingerprint density at radius 1 is 1.00 bits per heavy atom. The molecule has 0 saturated carbocycles. The van der Waals surface area contributed by atoms with Crippen molar-refractivity contribution in [3.05, 3.63) is 68.7 Å². The van der Waals surface area contributed by atoms with Crippen molar-refractivity contribution in [1.29, 1.82) is 0 Å². The Kier molecular flexibility index (Phi) is 8.11. The molecule has 2 rings (SSSR count). The van der Waals surface area contributed by atoms with Gasteiger partial charge in [0.2, 0.25) is 0 Å². The minimum Gasteiger partial charge on any atom is -0.451 e. The Hall–Kier alpha value is -2.28. The highest BCUT2D eigenvalue weighted by atomic mass is 35.5. The summed E-state index contributed by atoms with van der Waals surface area (Å²) in [7, 11) is 0. The molecule has 0 aliphatic carbocycles. The lowest BCUT2D eigenvalue weighted by atomic mass is 10.2. The first-order chi connectivity index (χ1) is 13.3. The summed E-state index contributed by atoms with van der Waals surface area (Å²) < 4.78 is 5.01. The summed E-state index contributed by atoms with van der Waals surface area (Å²) in [5.41, 5.74) is 0.910. The predicted molar refractivity (Wildman–Crippen MR) is 108 cm³/mol. The number of esters is 1. The van der Waals surface area contributed by atoms with E-state index in [1.165, 1.54) is 25.1 Å². The fourth-order valence-corrected chi connectivity index (χ4v) is 2.88. The first kappa shape index (κ1) is 22.0. The topological polar surface area (TPSA) is 84.5 Å². The fraction of sp³-hybridized carbons (Fsp3) is 0.211.